The second-order valence-electron chi connectivity index (χ2n) is 13.1. The van der Waals surface area contributed by atoms with Crippen LogP contribution in [0.2, 0.25) is 0 Å². The predicted molar refractivity (Wildman–Crippen MR) is 172 cm³/mol. The molecule has 5 N–H and O–H groups in total. The van der Waals surface area contributed by atoms with Crippen molar-refractivity contribution in [1.82, 2.24) is 10.6 Å². The van der Waals surface area contributed by atoms with Gasteiger partial charge in [0.25, 0.3) is 0 Å². The van der Waals surface area contributed by atoms with Crippen molar-refractivity contribution in [2.45, 2.75) is 63.5 Å². The first-order chi connectivity index (χ1) is 20.6. The van der Waals surface area contributed by atoms with Crippen molar-refractivity contribution in [3.8, 4) is 5.75 Å². The average Bonchev–Trinajstić information content (AvgIpc) is 2.90. The number of amides is 1. The van der Waals surface area contributed by atoms with E-state index in [4.69, 9.17) is 0 Å². The molecule has 0 bridgehead atoms. The van der Waals surface area contributed by atoms with E-state index in [0.29, 0.717) is 36.7 Å². The molecule has 8 nitrogen and oxygen atoms in total. The van der Waals surface area contributed by atoms with Crippen molar-refractivity contribution in [1.29, 1.82) is 0 Å². The Morgan fingerprint density at radius 2 is 1.68 bits per heavy atom. The third-order valence-electron chi connectivity index (χ3n) is 7.94. The third kappa shape index (κ3) is 9.92. The van der Waals surface area contributed by atoms with Crippen molar-refractivity contribution < 1.29 is 44.6 Å². The normalized spacial score (nSPS) is 15.1. The Kier molecular flexibility index (Phi) is 11.0. The van der Waals surface area contributed by atoms with Crippen LogP contribution in [-0.4, -0.2) is 58.3 Å². The number of alkyl halides is 2. The maximum atomic E-state index is 12.8. The molecule has 1 aliphatic rings. The van der Waals surface area contributed by atoms with Crippen LogP contribution in [-0.2, 0) is 33.1 Å². The Morgan fingerprint density at radius 1 is 1.00 bits per heavy atom. The van der Waals surface area contributed by atoms with Gasteiger partial charge < -0.3 is 10.4 Å². The maximum absolute atomic E-state index is 12.8. The van der Waals surface area contributed by atoms with Gasteiger partial charge in [-0.25, -0.2) is 0 Å². The number of anilines is 1. The molecule has 4 rings (SSSR count). The van der Waals surface area contributed by atoms with E-state index < -0.39 is 16.1 Å². The first-order valence-corrected chi connectivity index (χ1v) is 19.8. The molecule has 3 aromatic rings. The van der Waals surface area contributed by atoms with Gasteiger partial charge >= 0.3 is 155 Å². The second-order valence-corrected chi connectivity index (χ2v) is 17.7. The Bertz CT molecular complexity index is 1550. The molecule has 1 heterocycles. The number of rotatable bonds is 14. The van der Waals surface area contributed by atoms with Gasteiger partial charge in [-0.2, -0.15) is 0 Å². The Labute approximate surface area is 272 Å². The number of sulfonamides is 1. The van der Waals surface area contributed by atoms with E-state index in [1.807, 2.05) is 42.5 Å². The number of aliphatic hydroxyl groups is 1. The van der Waals surface area contributed by atoms with Gasteiger partial charge in [0.2, 0.25) is 5.91 Å². The number of aliphatic hydroxyl groups excluding tert-OH is 1. The summed E-state index contributed by atoms with van der Waals surface area (Å²) in [6, 6.07) is 20.7. The number of hydrogen-bond acceptors (Lipinski definition) is 6. The zero-order valence-corrected chi connectivity index (χ0v) is 29.1. The number of phenols is 1. The quantitative estimate of drug-likeness (QED) is 0.125. The zero-order chi connectivity index (χ0) is 32.1. The van der Waals surface area contributed by atoms with Crippen LogP contribution in [0.1, 0.15) is 67.5 Å². The SMILES string of the molecule is CC(C)(Cc1cccc(CC(=O)NCC(C)(C)c2ccc(O)cc2)c1)NC[C@H](O)c1ccc(C2C[I-]C2)c(NS(C)(=O)=O)c1. The number of nitrogens with one attached hydrogen (secondary N) is 3. The van der Waals surface area contributed by atoms with Crippen molar-refractivity contribution in [3.63, 3.8) is 0 Å². The molecule has 1 amide bonds. The summed E-state index contributed by atoms with van der Waals surface area (Å²) in [6.07, 6.45) is 1.31. The van der Waals surface area contributed by atoms with Gasteiger partial charge in [-0.15, -0.1) is 0 Å². The summed E-state index contributed by atoms with van der Waals surface area (Å²) in [5, 5.41) is 27.1. The molecule has 0 radical (unpaired) electrons. The molecule has 1 saturated heterocycles. The van der Waals surface area contributed by atoms with Crippen LogP contribution < -0.4 is 36.6 Å². The first-order valence-electron chi connectivity index (χ1n) is 14.8. The predicted octanol–water partition coefficient (Wildman–Crippen LogP) is 1.23. The van der Waals surface area contributed by atoms with Crippen LogP contribution in [0.3, 0.4) is 0 Å². The average molecular weight is 735 g/mol. The van der Waals surface area contributed by atoms with Crippen molar-refractivity contribution in [2.24, 2.45) is 0 Å². The van der Waals surface area contributed by atoms with E-state index in [1.54, 1.807) is 18.2 Å². The summed E-state index contributed by atoms with van der Waals surface area (Å²) in [5.74, 6) is 0.564. The summed E-state index contributed by atoms with van der Waals surface area (Å²) in [4.78, 5) is 12.8. The van der Waals surface area contributed by atoms with Gasteiger partial charge in [-0.1, -0.05) is 50.2 Å². The van der Waals surface area contributed by atoms with Gasteiger partial charge in [-0.3, -0.25) is 4.79 Å². The van der Waals surface area contributed by atoms with Gasteiger partial charge in [0.15, 0.2) is 0 Å². The number of halogens is 1. The molecule has 240 valence electrons. The molecule has 0 aromatic heterocycles. The van der Waals surface area contributed by atoms with Crippen LogP contribution >= 0.6 is 0 Å². The van der Waals surface area contributed by atoms with Crippen molar-refractivity contribution >= 4 is 21.6 Å². The van der Waals surface area contributed by atoms with Crippen LogP contribution in [0.5, 0.6) is 5.75 Å². The van der Waals surface area contributed by atoms with E-state index in [9.17, 15) is 23.4 Å². The fraction of sp³-hybridized carbons (Fsp3) is 0.441. The van der Waals surface area contributed by atoms with Crippen molar-refractivity contribution in [2.75, 3.05) is 32.9 Å². The Balaban J connectivity index is 1.32. The number of carbonyl (C=O) groups excluding carboxylic acids is 1. The Morgan fingerprint density at radius 3 is 2.32 bits per heavy atom. The zero-order valence-electron chi connectivity index (χ0n) is 26.2. The minimum atomic E-state index is -3.44. The molecule has 0 aliphatic carbocycles. The molecule has 10 heteroatoms. The Hall–Kier alpha value is -2.67. The van der Waals surface area contributed by atoms with Crippen molar-refractivity contribution in [3.05, 3.63) is 94.5 Å². The van der Waals surface area contributed by atoms with E-state index in [1.165, 1.54) is 0 Å². The summed E-state index contributed by atoms with van der Waals surface area (Å²) < 4.78 is 29.0. The standard InChI is InChI=1S/C34H45IN3O5S/c1-33(2,27-10-12-28(39)13-11-27)22-36-32(41)16-23-7-6-8-24(15-23)18-34(3,4)37-21-31(40)25-9-14-29(26-19-35-20-26)30(17-25)38-44(5,42)43/h6-15,17,26,31,37-40H,16,18-22H2,1-5H3,(H,36,41)/q-1/t31-/m0/s1. The van der Waals surface area contributed by atoms with Gasteiger partial charge in [-0.05, 0) is 23.3 Å². The molecule has 1 atom stereocenters. The topological polar surface area (TPSA) is 128 Å². The van der Waals surface area contributed by atoms with E-state index in [0.717, 1.165) is 37.4 Å². The number of aromatic hydroxyl groups is 1. The molecule has 0 saturated carbocycles. The number of phenolic OH excluding ortho intramolecular Hbond substituents is 1. The summed E-state index contributed by atoms with van der Waals surface area (Å²) in [7, 11) is -3.44. The third-order valence-corrected chi connectivity index (χ3v) is 11.9. The van der Waals surface area contributed by atoms with Crippen LogP contribution in [0.25, 0.3) is 0 Å². The molecule has 1 aliphatic heterocycles. The summed E-state index contributed by atoms with van der Waals surface area (Å²) in [6.45, 7) is 9.05. The van der Waals surface area contributed by atoms with Crippen LogP contribution in [0, 0.1) is 0 Å². The van der Waals surface area contributed by atoms with Gasteiger partial charge in [0.1, 0.15) is 5.75 Å². The minimum absolute atomic E-state index is 0.0517. The molecule has 3 aromatic carbocycles. The van der Waals surface area contributed by atoms with Gasteiger partial charge in [0, 0.05) is 12.0 Å². The number of benzene rings is 3. The summed E-state index contributed by atoms with van der Waals surface area (Å²) >= 11 is 0.231. The van der Waals surface area contributed by atoms with Crippen LogP contribution in [0.15, 0.2) is 66.7 Å². The number of hydrogen-bond donors (Lipinski definition) is 5. The fourth-order valence-corrected chi connectivity index (χ4v) is 8.08. The number of β-amino-alcohol motifs (C(OH)–C–C–N with tert-alkyl or cyclic N) is 1. The van der Waals surface area contributed by atoms with E-state index >= 15 is 0 Å². The molecule has 0 unspecified atom stereocenters. The molecule has 0 spiro atoms. The monoisotopic (exact) mass is 734 g/mol. The fourth-order valence-electron chi connectivity index (χ4n) is 5.31. The van der Waals surface area contributed by atoms with Crippen LogP contribution in [0.4, 0.5) is 5.69 Å². The molecular formula is C34H45IN3O5S-. The van der Waals surface area contributed by atoms with E-state index in [-0.39, 0.29) is 50.2 Å². The van der Waals surface area contributed by atoms with Gasteiger partial charge in [0.05, 0.1) is 6.42 Å². The summed E-state index contributed by atoms with van der Waals surface area (Å²) in [5.41, 5.74) is 4.67. The van der Waals surface area contributed by atoms with E-state index in [2.05, 4.69) is 49.1 Å². The first kappa shape index (κ1) is 34.2. The molecular weight excluding hydrogens is 689 g/mol. The molecule has 44 heavy (non-hydrogen) atoms. The number of carbonyl (C=O) groups is 1. The second kappa shape index (κ2) is 14.2. The molecule has 1 fully saturated rings.